The van der Waals surface area contributed by atoms with Gasteiger partial charge in [-0.05, 0) is 116 Å². The maximum Gasteiger partial charge on any atom is 0.412 e. The van der Waals surface area contributed by atoms with E-state index in [1.54, 1.807) is 24.3 Å². The third kappa shape index (κ3) is 9.85. The number of hydrogen-bond acceptors (Lipinski definition) is 13. The molecule has 2 heterocycles. The molecule has 0 spiro atoms. The topological polar surface area (TPSA) is 201 Å². The van der Waals surface area contributed by atoms with Crippen molar-refractivity contribution in [3.05, 3.63) is 112 Å². The Morgan fingerprint density at radius 3 is 2.45 bits per heavy atom. The van der Waals surface area contributed by atoms with E-state index >= 15 is 0 Å². The van der Waals surface area contributed by atoms with E-state index in [-0.39, 0.29) is 81.5 Å². The van der Waals surface area contributed by atoms with Crippen LogP contribution in [0.1, 0.15) is 87.3 Å². The fourth-order valence-electron chi connectivity index (χ4n) is 10.0. The Morgan fingerprint density at radius 1 is 0.985 bits per heavy atom. The Kier molecular flexibility index (Phi) is 14.4. The number of allylic oxidation sites excluding steroid dienone is 1. The van der Waals surface area contributed by atoms with E-state index < -0.39 is 28.8 Å². The lowest BCUT2D eigenvalue weighted by Gasteiger charge is -2.60. The van der Waals surface area contributed by atoms with Gasteiger partial charge in [-0.25, -0.2) is 4.79 Å². The number of carbonyl (C=O) groups excluding carboxylic acids is 2. The van der Waals surface area contributed by atoms with E-state index in [4.69, 9.17) is 33.7 Å². The number of rotatable bonds is 21. The van der Waals surface area contributed by atoms with E-state index in [0.717, 1.165) is 55.2 Å². The molecule has 2 aliphatic heterocycles. The van der Waals surface area contributed by atoms with Crippen LogP contribution < -0.4 is 24.3 Å². The van der Waals surface area contributed by atoms with Gasteiger partial charge in [-0.2, -0.15) is 0 Å². The Balaban J connectivity index is 1.31. The van der Waals surface area contributed by atoms with Crippen LogP contribution in [0, 0.1) is 33.8 Å². The summed E-state index contributed by atoms with van der Waals surface area (Å²) in [6.45, 7) is 6.74. The minimum atomic E-state index is -1.50. The number of non-ortho nitro benzene ring substituents is 1. The second-order valence-electron chi connectivity index (χ2n) is 17.3. The molecule has 0 bridgehead atoms. The minimum Gasteiger partial charge on any atom is -0.459 e. The molecule has 16 heteroatoms. The zero-order valence-electron chi connectivity index (χ0n) is 36.7. The first-order valence-corrected chi connectivity index (χ1v) is 22.8. The summed E-state index contributed by atoms with van der Waals surface area (Å²) in [7, 11) is 0. The van der Waals surface area contributed by atoms with Gasteiger partial charge in [0.25, 0.3) is 5.69 Å². The SMILES string of the molecule is C=CCO[C@@]12Oc3ccc(OC(=O)NCC)cc3[C@H]3[C@H](CCCCO)[C@@H](CCCCO)C=C(C(=NOCc4ccc([N+](=O)[O-])cc4)C[C@@H]1N(Cc1ccc4c(c1)OCO4)C(=O)C1CC1)[C@H]32. The molecule has 0 saturated heterocycles. The molecule has 0 unspecified atom stereocenters. The van der Waals surface area contributed by atoms with Gasteiger partial charge < -0.3 is 49.0 Å². The van der Waals surface area contributed by atoms with E-state index in [1.807, 2.05) is 42.2 Å². The zero-order valence-corrected chi connectivity index (χ0v) is 36.7. The number of nitro benzene ring substituents is 1. The molecule has 0 aromatic heterocycles. The van der Waals surface area contributed by atoms with Crippen molar-refractivity contribution in [3.8, 4) is 23.0 Å². The molecule has 3 aliphatic carbocycles. The number of carbonyl (C=O) groups is 2. The van der Waals surface area contributed by atoms with Crippen molar-refractivity contribution in [3.63, 3.8) is 0 Å². The molecule has 65 heavy (non-hydrogen) atoms. The number of hydrogen-bond donors (Lipinski definition) is 3. The second kappa shape index (κ2) is 20.5. The molecule has 3 aromatic rings. The van der Waals surface area contributed by atoms with Crippen LogP contribution in [0.4, 0.5) is 10.5 Å². The van der Waals surface area contributed by atoms with Crippen LogP contribution in [0.3, 0.4) is 0 Å². The average Bonchev–Trinajstić information content (AvgIpc) is 4.06. The van der Waals surface area contributed by atoms with Crippen molar-refractivity contribution in [1.29, 1.82) is 0 Å². The lowest BCUT2D eigenvalue weighted by molar-refractivity contribution is -0.384. The number of unbranched alkanes of at least 4 members (excludes halogenated alkanes) is 2. The van der Waals surface area contributed by atoms with Crippen LogP contribution in [0.25, 0.3) is 0 Å². The Bertz CT molecular complexity index is 2280. The molecule has 8 rings (SSSR count). The predicted molar refractivity (Wildman–Crippen MR) is 238 cm³/mol. The summed E-state index contributed by atoms with van der Waals surface area (Å²) in [5.41, 5.74) is 3.72. The van der Waals surface area contributed by atoms with Gasteiger partial charge in [0.1, 0.15) is 24.1 Å². The van der Waals surface area contributed by atoms with Crippen LogP contribution in [-0.2, 0) is 27.5 Å². The maximum atomic E-state index is 15.0. The summed E-state index contributed by atoms with van der Waals surface area (Å²) < 4.78 is 31.7. The summed E-state index contributed by atoms with van der Waals surface area (Å²) in [5, 5.41) is 38.9. The van der Waals surface area contributed by atoms with Crippen molar-refractivity contribution in [1.82, 2.24) is 10.2 Å². The number of fused-ring (bicyclic) bond motifs is 3. The number of nitrogens with one attached hydrogen (secondary N) is 1. The van der Waals surface area contributed by atoms with Crippen molar-refractivity contribution >= 4 is 23.4 Å². The maximum absolute atomic E-state index is 15.0. The largest absolute Gasteiger partial charge is 0.459 e. The summed E-state index contributed by atoms with van der Waals surface area (Å²) in [6, 6.07) is 16.4. The van der Waals surface area contributed by atoms with E-state index in [1.165, 1.54) is 12.1 Å². The fourth-order valence-corrected chi connectivity index (χ4v) is 10.0. The first-order valence-electron chi connectivity index (χ1n) is 22.8. The summed E-state index contributed by atoms with van der Waals surface area (Å²) in [5.74, 6) is -0.653. The molecule has 0 radical (unpaired) electrons. The third-order valence-electron chi connectivity index (χ3n) is 13.1. The lowest BCUT2D eigenvalue weighted by Crippen LogP contribution is -2.70. The molecule has 2 saturated carbocycles. The number of oxime groups is 1. The molecule has 346 valence electrons. The molecule has 16 nitrogen and oxygen atoms in total. The monoisotopic (exact) mass is 894 g/mol. The lowest BCUT2D eigenvalue weighted by atomic mass is 9.55. The van der Waals surface area contributed by atoms with Crippen molar-refractivity contribution in [2.24, 2.45) is 28.8 Å². The van der Waals surface area contributed by atoms with Crippen molar-refractivity contribution < 1.29 is 53.2 Å². The summed E-state index contributed by atoms with van der Waals surface area (Å²) in [4.78, 5) is 46.8. The summed E-state index contributed by atoms with van der Waals surface area (Å²) in [6.07, 6.45) is 9.20. The van der Waals surface area contributed by atoms with Crippen LogP contribution in [0.15, 0.2) is 90.1 Å². The van der Waals surface area contributed by atoms with Gasteiger partial charge in [0.05, 0.1) is 23.2 Å². The predicted octanol–water partition coefficient (Wildman–Crippen LogP) is 7.70. The van der Waals surface area contributed by atoms with Crippen LogP contribution in [-0.4, -0.2) is 82.7 Å². The highest BCUT2D eigenvalue weighted by Gasteiger charge is 2.66. The fraction of sp³-hybridized carbons (Fsp3) is 0.490. The van der Waals surface area contributed by atoms with Crippen LogP contribution in [0.2, 0.25) is 0 Å². The zero-order chi connectivity index (χ0) is 45.5. The van der Waals surface area contributed by atoms with Gasteiger partial charge >= 0.3 is 6.09 Å². The normalized spacial score (nSPS) is 24.2. The van der Waals surface area contributed by atoms with Gasteiger partial charge in [0, 0.05) is 62.3 Å². The van der Waals surface area contributed by atoms with Gasteiger partial charge in [-0.1, -0.05) is 36.2 Å². The second-order valence-corrected chi connectivity index (χ2v) is 17.3. The number of nitrogens with zero attached hydrogens (tertiary/aromatic N) is 3. The smallest absolute Gasteiger partial charge is 0.412 e. The van der Waals surface area contributed by atoms with Gasteiger partial charge in [-0.3, -0.25) is 14.9 Å². The highest BCUT2D eigenvalue weighted by Crippen LogP contribution is 2.62. The highest BCUT2D eigenvalue weighted by molar-refractivity contribution is 6.03. The molecular weight excluding hydrogens is 837 g/mol. The van der Waals surface area contributed by atoms with Gasteiger partial charge in [0.2, 0.25) is 18.5 Å². The molecule has 5 aliphatic rings. The Hall–Kier alpha value is -5.97. The number of amides is 2. The number of aliphatic hydroxyl groups is 2. The number of benzene rings is 3. The number of aliphatic hydroxyl groups excluding tert-OH is 2. The van der Waals surface area contributed by atoms with Gasteiger partial charge in [-0.15, -0.1) is 6.58 Å². The third-order valence-corrected chi connectivity index (χ3v) is 13.1. The standard InChI is InChI=1S/C49H58N4O12/c1-3-23-62-49-44(52(47(56)33-14-15-33)28-32-13-19-42-43(24-32)61-30-60-42)27-40(51-63-29-31-11-16-35(17-12-31)53(58)59)38-25-34(9-5-7-21-54)37(10-6-8-22-55)45(46(38)49)39-26-36(18-20-41(39)65-49)64-48(57)50-4-2/h3,11-13,16-20,24-26,33-34,37,44-46,54-55H,1,4-10,14-15,21-23,27-30H2,2H3,(H,50,57)/t34-,37+,44-,45+,46+,49+/m0/s1. The number of ether oxygens (including phenoxy) is 5. The quantitative estimate of drug-likeness (QED) is 0.0408. The van der Waals surface area contributed by atoms with Gasteiger partial charge in [0.15, 0.2) is 11.5 Å². The Morgan fingerprint density at radius 2 is 1.72 bits per heavy atom. The van der Waals surface area contributed by atoms with E-state index in [9.17, 15) is 29.9 Å². The molecule has 2 fully saturated rings. The van der Waals surface area contributed by atoms with E-state index in [0.29, 0.717) is 53.7 Å². The molecular formula is C49H58N4O12. The Labute approximate surface area is 378 Å². The molecule has 2 amide bonds. The number of nitro groups is 1. The molecule has 6 atom stereocenters. The average molecular weight is 895 g/mol. The first kappa shape index (κ1) is 45.6. The minimum absolute atomic E-state index is 0.0249. The first-order chi connectivity index (χ1) is 31.7. The highest BCUT2D eigenvalue weighted by atomic mass is 16.7. The van der Waals surface area contributed by atoms with E-state index in [2.05, 4.69) is 18.0 Å². The van der Waals surface area contributed by atoms with Crippen LogP contribution >= 0.6 is 0 Å². The summed E-state index contributed by atoms with van der Waals surface area (Å²) >= 11 is 0. The molecule has 3 aromatic carbocycles. The van der Waals surface area contributed by atoms with Crippen molar-refractivity contribution in [2.45, 2.75) is 95.6 Å². The molecule has 3 N–H and O–H groups in total. The van der Waals surface area contributed by atoms with Crippen molar-refractivity contribution in [2.75, 3.05) is 33.2 Å². The van der Waals surface area contributed by atoms with Crippen LogP contribution in [0.5, 0.6) is 23.0 Å².